The Morgan fingerprint density at radius 2 is 1.96 bits per heavy atom. The molecule has 4 nitrogen and oxygen atoms in total. The summed E-state index contributed by atoms with van der Waals surface area (Å²) in [5.74, 6) is 0.451. The molecule has 23 heavy (non-hydrogen) atoms. The highest BCUT2D eigenvalue weighted by atomic mass is 16.4. The third kappa shape index (κ3) is 4.12. The number of hydrogen-bond acceptors (Lipinski definition) is 2. The molecule has 4 heteroatoms. The monoisotopic (exact) mass is 315 g/mol. The predicted molar refractivity (Wildman–Crippen MR) is 88.1 cm³/mol. The van der Waals surface area contributed by atoms with Crippen molar-refractivity contribution in [2.24, 2.45) is 5.92 Å². The van der Waals surface area contributed by atoms with Crippen LogP contribution in [0, 0.1) is 5.92 Å². The van der Waals surface area contributed by atoms with E-state index >= 15 is 0 Å². The van der Waals surface area contributed by atoms with Crippen molar-refractivity contribution in [3.8, 4) is 0 Å². The molecule has 1 aliphatic carbocycles. The molecule has 1 unspecified atom stereocenters. The van der Waals surface area contributed by atoms with E-state index in [0.717, 1.165) is 32.2 Å². The summed E-state index contributed by atoms with van der Waals surface area (Å²) in [5.41, 5.74) is 1.34. The second kappa shape index (κ2) is 7.16. The summed E-state index contributed by atoms with van der Waals surface area (Å²) in [5, 5.41) is 8.88. The number of piperidine rings is 1. The number of amides is 1. The van der Waals surface area contributed by atoms with Gasteiger partial charge in [-0.05, 0) is 49.5 Å². The fraction of sp³-hybridized carbons (Fsp3) is 0.579. The Morgan fingerprint density at radius 3 is 2.70 bits per heavy atom. The molecule has 0 bridgehead atoms. The number of benzene rings is 1. The SMILES string of the molecule is O=C(O)CCC1CCCCN1C(=O)C[C@@H]1C[C@H]1c1ccccc1. The van der Waals surface area contributed by atoms with E-state index in [4.69, 9.17) is 5.11 Å². The Labute approximate surface area is 137 Å². The number of carboxylic acid groups (broad SMARTS) is 1. The van der Waals surface area contributed by atoms with Crippen LogP contribution in [0.2, 0.25) is 0 Å². The maximum atomic E-state index is 12.7. The van der Waals surface area contributed by atoms with Crippen molar-refractivity contribution in [3.05, 3.63) is 35.9 Å². The molecule has 1 heterocycles. The molecule has 1 aliphatic heterocycles. The van der Waals surface area contributed by atoms with Crippen LogP contribution in [0.15, 0.2) is 30.3 Å². The van der Waals surface area contributed by atoms with Gasteiger partial charge < -0.3 is 10.0 Å². The highest BCUT2D eigenvalue weighted by Crippen LogP contribution is 2.49. The Morgan fingerprint density at radius 1 is 1.17 bits per heavy atom. The molecule has 124 valence electrons. The van der Waals surface area contributed by atoms with Crippen molar-refractivity contribution >= 4 is 11.9 Å². The van der Waals surface area contributed by atoms with Crippen molar-refractivity contribution in [3.63, 3.8) is 0 Å². The molecule has 0 radical (unpaired) electrons. The minimum absolute atomic E-state index is 0.126. The number of likely N-dealkylation sites (tertiary alicyclic amines) is 1. The number of hydrogen-bond donors (Lipinski definition) is 1. The average Bonchev–Trinajstić information content (AvgIpc) is 3.33. The van der Waals surface area contributed by atoms with E-state index in [1.54, 1.807) is 0 Å². The first-order valence-corrected chi connectivity index (χ1v) is 8.71. The van der Waals surface area contributed by atoms with Crippen LogP contribution in [0.1, 0.15) is 56.4 Å². The van der Waals surface area contributed by atoms with E-state index in [-0.39, 0.29) is 18.4 Å². The predicted octanol–water partition coefficient (Wildman–Crippen LogP) is 3.43. The maximum absolute atomic E-state index is 12.7. The largest absolute Gasteiger partial charge is 0.481 e. The van der Waals surface area contributed by atoms with Crippen LogP contribution in [0.25, 0.3) is 0 Å². The van der Waals surface area contributed by atoms with Gasteiger partial charge in [-0.2, -0.15) is 0 Å². The molecule has 1 saturated carbocycles. The van der Waals surface area contributed by atoms with Crippen LogP contribution in [0.5, 0.6) is 0 Å². The van der Waals surface area contributed by atoms with E-state index in [2.05, 4.69) is 24.3 Å². The van der Waals surface area contributed by atoms with Gasteiger partial charge in [-0.15, -0.1) is 0 Å². The number of carbonyl (C=O) groups excluding carboxylic acids is 1. The van der Waals surface area contributed by atoms with E-state index in [9.17, 15) is 9.59 Å². The van der Waals surface area contributed by atoms with Gasteiger partial charge in [0.1, 0.15) is 0 Å². The fourth-order valence-corrected chi connectivity index (χ4v) is 3.84. The molecule has 1 aromatic rings. The summed E-state index contributed by atoms with van der Waals surface area (Å²) < 4.78 is 0. The van der Waals surface area contributed by atoms with Gasteiger partial charge in [0.25, 0.3) is 0 Å². The third-order valence-electron chi connectivity index (χ3n) is 5.23. The average molecular weight is 315 g/mol. The highest BCUT2D eigenvalue weighted by molar-refractivity contribution is 5.77. The van der Waals surface area contributed by atoms with Gasteiger partial charge in [0.05, 0.1) is 0 Å². The summed E-state index contributed by atoms with van der Waals surface area (Å²) in [6.45, 7) is 0.797. The molecule has 2 aliphatic rings. The number of aliphatic carboxylic acids is 1. The van der Waals surface area contributed by atoms with Crippen molar-refractivity contribution in [1.82, 2.24) is 4.90 Å². The van der Waals surface area contributed by atoms with E-state index < -0.39 is 5.97 Å². The molecule has 3 rings (SSSR count). The van der Waals surface area contributed by atoms with Crippen LogP contribution in [0.3, 0.4) is 0 Å². The van der Waals surface area contributed by atoms with Crippen molar-refractivity contribution in [2.45, 2.75) is 56.9 Å². The molecule has 0 spiro atoms. The fourth-order valence-electron chi connectivity index (χ4n) is 3.84. The summed E-state index contributed by atoms with van der Waals surface area (Å²) >= 11 is 0. The van der Waals surface area contributed by atoms with Crippen LogP contribution < -0.4 is 0 Å². The van der Waals surface area contributed by atoms with Crippen molar-refractivity contribution < 1.29 is 14.7 Å². The Bertz CT molecular complexity index is 557. The Balaban J connectivity index is 1.53. The van der Waals surface area contributed by atoms with Gasteiger partial charge in [-0.3, -0.25) is 9.59 Å². The van der Waals surface area contributed by atoms with Crippen LogP contribution in [0.4, 0.5) is 0 Å². The lowest BCUT2D eigenvalue weighted by molar-refractivity contribution is -0.140. The topological polar surface area (TPSA) is 57.6 Å². The van der Waals surface area contributed by atoms with Crippen molar-refractivity contribution in [1.29, 1.82) is 0 Å². The molecule has 3 atom stereocenters. The first-order chi connectivity index (χ1) is 11.1. The maximum Gasteiger partial charge on any atom is 0.303 e. The number of nitrogens with zero attached hydrogens (tertiary/aromatic N) is 1. The van der Waals surface area contributed by atoms with Crippen LogP contribution in [-0.4, -0.2) is 34.5 Å². The normalized spacial score (nSPS) is 26.8. The van der Waals surface area contributed by atoms with Gasteiger partial charge in [0, 0.05) is 25.4 Å². The van der Waals surface area contributed by atoms with Crippen molar-refractivity contribution in [2.75, 3.05) is 6.54 Å². The Hall–Kier alpha value is -1.84. The lowest BCUT2D eigenvalue weighted by Crippen LogP contribution is -2.44. The van der Waals surface area contributed by atoms with Gasteiger partial charge in [0.15, 0.2) is 0 Å². The minimum atomic E-state index is -0.769. The first kappa shape index (κ1) is 16.0. The molecule has 1 N–H and O–H groups in total. The van der Waals surface area contributed by atoms with Gasteiger partial charge in [0.2, 0.25) is 5.91 Å². The molecular formula is C19H25NO3. The summed E-state index contributed by atoms with van der Waals surface area (Å²) in [4.78, 5) is 25.4. The zero-order valence-corrected chi connectivity index (χ0v) is 13.5. The lowest BCUT2D eigenvalue weighted by Gasteiger charge is -2.36. The van der Waals surface area contributed by atoms with Gasteiger partial charge >= 0.3 is 5.97 Å². The highest BCUT2D eigenvalue weighted by Gasteiger charge is 2.41. The summed E-state index contributed by atoms with van der Waals surface area (Å²) in [6, 6.07) is 10.5. The van der Waals surface area contributed by atoms with E-state index in [0.29, 0.717) is 24.7 Å². The quantitative estimate of drug-likeness (QED) is 0.875. The number of carbonyl (C=O) groups is 2. The lowest BCUT2D eigenvalue weighted by atomic mass is 9.97. The summed E-state index contributed by atoms with van der Waals surface area (Å²) in [7, 11) is 0. The van der Waals surface area contributed by atoms with Crippen LogP contribution in [-0.2, 0) is 9.59 Å². The molecule has 0 aromatic heterocycles. The molecular weight excluding hydrogens is 290 g/mol. The molecule has 1 amide bonds. The summed E-state index contributed by atoms with van der Waals surface area (Å²) in [6.07, 6.45) is 5.56. The second-order valence-corrected chi connectivity index (χ2v) is 6.89. The van der Waals surface area contributed by atoms with Crippen LogP contribution >= 0.6 is 0 Å². The van der Waals surface area contributed by atoms with E-state index in [1.807, 2.05) is 11.0 Å². The number of rotatable bonds is 6. The smallest absolute Gasteiger partial charge is 0.303 e. The minimum Gasteiger partial charge on any atom is -0.481 e. The zero-order valence-electron chi connectivity index (χ0n) is 13.5. The second-order valence-electron chi connectivity index (χ2n) is 6.89. The standard InChI is InChI=1S/C19H25NO3/c21-18(13-15-12-17(15)14-6-2-1-3-7-14)20-11-5-4-8-16(20)9-10-19(22)23/h1-3,6-7,15-17H,4-5,8-13H2,(H,22,23)/t15-,16?,17-/m0/s1. The van der Waals surface area contributed by atoms with E-state index in [1.165, 1.54) is 5.56 Å². The first-order valence-electron chi connectivity index (χ1n) is 8.71. The molecule has 1 aromatic carbocycles. The number of carboxylic acids is 1. The van der Waals surface area contributed by atoms with Gasteiger partial charge in [-0.25, -0.2) is 0 Å². The zero-order chi connectivity index (χ0) is 16.2. The molecule has 1 saturated heterocycles. The molecule has 2 fully saturated rings. The third-order valence-corrected chi connectivity index (χ3v) is 5.23. The Kier molecular flexibility index (Phi) is 4.99. The van der Waals surface area contributed by atoms with Gasteiger partial charge in [-0.1, -0.05) is 30.3 Å².